The molecule has 0 aliphatic carbocycles. The van der Waals surface area contributed by atoms with Gasteiger partial charge in [-0.05, 0) is 25.1 Å². The van der Waals surface area contributed by atoms with Crippen LogP contribution in [-0.2, 0) is 6.54 Å². The van der Waals surface area contributed by atoms with Crippen LogP contribution in [0, 0.1) is 11.3 Å². The van der Waals surface area contributed by atoms with Crippen molar-refractivity contribution in [3.8, 4) is 23.1 Å². The van der Waals surface area contributed by atoms with Gasteiger partial charge >= 0.3 is 0 Å². The number of nitriles is 1. The Labute approximate surface area is 116 Å². The third-order valence-electron chi connectivity index (χ3n) is 3.49. The molecule has 0 saturated heterocycles. The Morgan fingerprint density at radius 2 is 2.20 bits per heavy atom. The van der Waals surface area contributed by atoms with Crippen molar-refractivity contribution in [3.05, 3.63) is 42.4 Å². The van der Waals surface area contributed by atoms with Crippen LogP contribution in [-0.4, -0.2) is 11.7 Å². The summed E-state index contributed by atoms with van der Waals surface area (Å²) >= 11 is 0. The second kappa shape index (κ2) is 4.78. The summed E-state index contributed by atoms with van der Waals surface area (Å²) in [4.78, 5) is 0. The number of benzene rings is 1. The van der Waals surface area contributed by atoms with Gasteiger partial charge in [-0.1, -0.05) is 0 Å². The van der Waals surface area contributed by atoms with Crippen LogP contribution in [0.5, 0.6) is 5.75 Å². The Balaban J connectivity index is 2.42. The lowest BCUT2D eigenvalue weighted by Gasteiger charge is -2.07. The maximum Gasteiger partial charge on any atom is 0.120 e. The summed E-state index contributed by atoms with van der Waals surface area (Å²) in [6, 6.07) is 9.96. The van der Waals surface area contributed by atoms with Gasteiger partial charge in [0, 0.05) is 23.6 Å². The van der Waals surface area contributed by atoms with Gasteiger partial charge in [0.25, 0.3) is 0 Å². The van der Waals surface area contributed by atoms with Crippen LogP contribution in [0.15, 0.2) is 41.2 Å². The summed E-state index contributed by atoms with van der Waals surface area (Å²) in [5, 5.41) is 10.5. The highest BCUT2D eigenvalue weighted by atomic mass is 16.5. The van der Waals surface area contributed by atoms with Crippen LogP contribution in [0.3, 0.4) is 0 Å². The van der Waals surface area contributed by atoms with Gasteiger partial charge in [0.1, 0.15) is 11.8 Å². The van der Waals surface area contributed by atoms with Crippen molar-refractivity contribution in [2.75, 3.05) is 7.11 Å². The summed E-state index contributed by atoms with van der Waals surface area (Å²) in [6.07, 6.45) is 3.28. The molecule has 3 rings (SSSR count). The predicted octanol–water partition coefficient (Wildman–Crippen LogP) is 3.80. The molecule has 0 atom stereocenters. The molecule has 2 aromatic heterocycles. The maximum absolute atomic E-state index is 9.53. The normalized spacial score (nSPS) is 10.7. The minimum Gasteiger partial charge on any atom is -0.497 e. The Morgan fingerprint density at radius 3 is 2.80 bits per heavy atom. The Morgan fingerprint density at radius 1 is 1.35 bits per heavy atom. The molecule has 0 aliphatic heterocycles. The third-order valence-corrected chi connectivity index (χ3v) is 3.49. The van der Waals surface area contributed by atoms with Crippen molar-refractivity contribution in [1.82, 2.24) is 4.57 Å². The number of nitrogens with zero attached hydrogens (tertiary/aromatic N) is 2. The van der Waals surface area contributed by atoms with Gasteiger partial charge in [-0.3, -0.25) is 0 Å². The zero-order valence-electron chi connectivity index (χ0n) is 11.4. The Hall–Kier alpha value is -2.67. The molecule has 0 amide bonds. The first kappa shape index (κ1) is 12.4. The number of hydrogen-bond donors (Lipinski definition) is 0. The summed E-state index contributed by atoms with van der Waals surface area (Å²) < 4.78 is 12.6. The van der Waals surface area contributed by atoms with Crippen LogP contribution < -0.4 is 4.74 Å². The van der Waals surface area contributed by atoms with Crippen molar-refractivity contribution in [2.45, 2.75) is 13.5 Å². The number of furan rings is 1. The van der Waals surface area contributed by atoms with Gasteiger partial charge < -0.3 is 13.7 Å². The molecule has 4 heteroatoms. The molecule has 0 fully saturated rings. The number of aryl methyl sites for hydroxylation is 1. The molecule has 0 bridgehead atoms. The fourth-order valence-electron chi connectivity index (χ4n) is 2.60. The molecule has 2 heterocycles. The molecule has 0 radical (unpaired) electrons. The SMILES string of the molecule is CCn1c(-c2ccoc2)c(C#N)c2ccc(OC)cc21. The lowest BCUT2D eigenvalue weighted by molar-refractivity contribution is 0.415. The first-order chi connectivity index (χ1) is 9.80. The number of rotatable bonds is 3. The van der Waals surface area contributed by atoms with Gasteiger partial charge in [-0.15, -0.1) is 0 Å². The highest BCUT2D eigenvalue weighted by Crippen LogP contribution is 2.35. The predicted molar refractivity (Wildman–Crippen MR) is 76.6 cm³/mol. The molecular weight excluding hydrogens is 252 g/mol. The first-order valence-corrected chi connectivity index (χ1v) is 6.43. The van der Waals surface area contributed by atoms with Gasteiger partial charge in [0.05, 0.1) is 36.4 Å². The van der Waals surface area contributed by atoms with Crippen LogP contribution in [0.1, 0.15) is 12.5 Å². The zero-order chi connectivity index (χ0) is 14.1. The van der Waals surface area contributed by atoms with Crippen molar-refractivity contribution in [2.24, 2.45) is 0 Å². The highest BCUT2D eigenvalue weighted by molar-refractivity contribution is 5.95. The molecule has 0 saturated carbocycles. The lowest BCUT2D eigenvalue weighted by Crippen LogP contribution is -1.97. The molecule has 0 N–H and O–H groups in total. The topological polar surface area (TPSA) is 51.1 Å². The lowest BCUT2D eigenvalue weighted by atomic mass is 10.1. The van der Waals surface area contributed by atoms with E-state index in [9.17, 15) is 5.26 Å². The summed E-state index contributed by atoms with van der Waals surface area (Å²) in [7, 11) is 1.64. The summed E-state index contributed by atoms with van der Waals surface area (Å²) in [5.41, 5.74) is 3.48. The van der Waals surface area contributed by atoms with E-state index in [4.69, 9.17) is 9.15 Å². The van der Waals surface area contributed by atoms with Crippen LogP contribution >= 0.6 is 0 Å². The smallest absolute Gasteiger partial charge is 0.120 e. The number of methoxy groups -OCH3 is 1. The zero-order valence-corrected chi connectivity index (χ0v) is 11.4. The summed E-state index contributed by atoms with van der Waals surface area (Å²) in [5.74, 6) is 0.785. The van der Waals surface area contributed by atoms with Gasteiger partial charge in [0.2, 0.25) is 0 Å². The fourth-order valence-corrected chi connectivity index (χ4v) is 2.60. The van der Waals surface area contributed by atoms with E-state index in [-0.39, 0.29) is 0 Å². The number of fused-ring (bicyclic) bond motifs is 1. The first-order valence-electron chi connectivity index (χ1n) is 6.43. The summed E-state index contributed by atoms with van der Waals surface area (Å²) in [6.45, 7) is 2.83. The molecule has 0 aliphatic rings. The minimum absolute atomic E-state index is 0.672. The van der Waals surface area contributed by atoms with E-state index in [0.29, 0.717) is 5.56 Å². The quantitative estimate of drug-likeness (QED) is 0.724. The van der Waals surface area contributed by atoms with Crippen LogP contribution in [0.25, 0.3) is 22.2 Å². The second-order valence-corrected chi connectivity index (χ2v) is 4.47. The van der Waals surface area contributed by atoms with E-state index in [2.05, 4.69) is 17.6 Å². The molecule has 1 aromatic carbocycles. The van der Waals surface area contributed by atoms with Crippen LogP contribution in [0.2, 0.25) is 0 Å². The van der Waals surface area contributed by atoms with E-state index in [1.165, 1.54) is 0 Å². The number of ether oxygens (including phenoxy) is 1. The second-order valence-electron chi connectivity index (χ2n) is 4.47. The Kier molecular flexibility index (Phi) is 2.96. The molecule has 4 nitrogen and oxygen atoms in total. The van der Waals surface area contributed by atoms with Gasteiger partial charge in [0.15, 0.2) is 0 Å². The Bertz CT molecular complexity index is 792. The molecule has 0 unspecified atom stereocenters. The highest BCUT2D eigenvalue weighted by Gasteiger charge is 2.18. The van der Waals surface area contributed by atoms with Crippen molar-refractivity contribution < 1.29 is 9.15 Å². The molecule has 3 aromatic rings. The average Bonchev–Trinajstić information content (AvgIpc) is 3.11. The molecule has 20 heavy (non-hydrogen) atoms. The van der Waals surface area contributed by atoms with E-state index < -0.39 is 0 Å². The largest absolute Gasteiger partial charge is 0.497 e. The maximum atomic E-state index is 9.53. The third kappa shape index (κ3) is 1.68. The van der Waals surface area contributed by atoms with E-state index in [1.807, 2.05) is 24.3 Å². The number of hydrogen-bond acceptors (Lipinski definition) is 3. The molecular formula is C16H14N2O2. The van der Waals surface area contributed by atoms with Gasteiger partial charge in [-0.2, -0.15) is 5.26 Å². The van der Waals surface area contributed by atoms with Gasteiger partial charge in [-0.25, -0.2) is 0 Å². The van der Waals surface area contributed by atoms with Crippen LogP contribution in [0.4, 0.5) is 0 Å². The molecule has 0 spiro atoms. The van der Waals surface area contributed by atoms with E-state index >= 15 is 0 Å². The standard InChI is InChI=1S/C16H14N2O2/c1-3-18-15-8-12(19-2)4-5-13(15)14(9-17)16(18)11-6-7-20-10-11/h4-8,10H,3H2,1-2H3. The minimum atomic E-state index is 0.672. The van der Waals surface area contributed by atoms with E-state index in [1.54, 1.807) is 19.6 Å². The monoisotopic (exact) mass is 266 g/mol. The van der Waals surface area contributed by atoms with Crippen molar-refractivity contribution >= 4 is 10.9 Å². The number of aromatic nitrogens is 1. The van der Waals surface area contributed by atoms with Crippen molar-refractivity contribution in [1.29, 1.82) is 5.26 Å². The van der Waals surface area contributed by atoms with E-state index in [0.717, 1.165) is 34.5 Å². The van der Waals surface area contributed by atoms with Crippen molar-refractivity contribution in [3.63, 3.8) is 0 Å². The average molecular weight is 266 g/mol. The molecule has 100 valence electrons. The fraction of sp³-hybridized carbons (Fsp3) is 0.188.